The number of hydrogen-bond acceptors (Lipinski definition) is 1. The van der Waals surface area contributed by atoms with E-state index in [1.54, 1.807) is 7.11 Å². The zero-order valence-electron chi connectivity index (χ0n) is 12.1. The van der Waals surface area contributed by atoms with Gasteiger partial charge >= 0.3 is 0 Å². The molecule has 20 heavy (non-hydrogen) atoms. The molecule has 1 atom stereocenters. The van der Waals surface area contributed by atoms with Crippen molar-refractivity contribution in [3.8, 4) is 0 Å². The molecule has 102 valence electrons. The van der Waals surface area contributed by atoms with Crippen LogP contribution in [0.3, 0.4) is 0 Å². The summed E-state index contributed by atoms with van der Waals surface area (Å²) in [5.74, 6) is 0.391. The van der Waals surface area contributed by atoms with Crippen molar-refractivity contribution < 1.29 is 4.74 Å². The molecule has 2 aromatic rings. The average molecular weight is 264 g/mol. The standard InChI is InChI=1S/C19H20O/c1-14-16-10-6-7-11-18(16)19(17(14)12-13-20-2)15-8-4-3-5-9-15/h3-11,19H,12-13H2,1-2H3. The van der Waals surface area contributed by atoms with E-state index in [4.69, 9.17) is 4.74 Å². The Labute approximate surface area is 120 Å². The summed E-state index contributed by atoms with van der Waals surface area (Å²) < 4.78 is 5.30. The maximum absolute atomic E-state index is 5.30. The molecule has 1 heteroatoms. The van der Waals surface area contributed by atoms with Crippen LogP contribution < -0.4 is 0 Å². The molecule has 1 nitrogen and oxygen atoms in total. The van der Waals surface area contributed by atoms with Crippen molar-refractivity contribution in [3.05, 3.63) is 76.9 Å². The Balaban J connectivity index is 2.09. The van der Waals surface area contributed by atoms with E-state index in [0.717, 1.165) is 13.0 Å². The van der Waals surface area contributed by atoms with Crippen molar-refractivity contribution >= 4 is 5.57 Å². The molecule has 1 aliphatic rings. The molecule has 0 saturated heterocycles. The molecule has 0 amide bonds. The number of methoxy groups -OCH3 is 1. The Morgan fingerprint density at radius 1 is 0.950 bits per heavy atom. The topological polar surface area (TPSA) is 9.23 Å². The van der Waals surface area contributed by atoms with Gasteiger partial charge in [-0.15, -0.1) is 0 Å². The van der Waals surface area contributed by atoms with Crippen LogP contribution in [0.5, 0.6) is 0 Å². The summed E-state index contributed by atoms with van der Waals surface area (Å²) in [5, 5.41) is 0. The first-order chi connectivity index (χ1) is 9.83. The molecule has 1 unspecified atom stereocenters. The minimum absolute atomic E-state index is 0.391. The van der Waals surface area contributed by atoms with E-state index in [9.17, 15) is 0 Å². The Morgan fingerprint density at radius 3 is 2.40 bits per heavy atom. The summed E-state index contributed by atoms with van der Waals surface area (Å²) in [6, 6.07) is 19.6. The molecule has 0 spiro atoms. The molecule has 3 rings (SSSR count). The van der Waals surface area contributed by atoms with Gasteiger partial charge in [-0.2, -0.15) is 0 Å². The summed E-state index contributed by atoms with van der Waals surface area (Å²) in [6.07, 6.45) is 0.997. The highest BCUT2D eigenvalue weighted by Gasteiger charge is 2.29. The highest BCUT2D eigenvalue weighted by molar-refractivity contribution is 5.78. The normalized spacial score (nSPS) is 17.4. The maximum atomic E-state index is 5.30. The van der Waals surface area contributed by atoms with E-state index < -0.39 is 0 Å². The molecule has 0 radical (unpaired) electrons. The van der Waals surface area contributed by atoms with E-state index in [1.165, 1.54) is 27.8 Å². The second-order valence-electron chi connectivity index (χ2n) is 5.32. The SMILES string of the molecule is COCCC1=C(C)c2ccccc2C1c1ccccc1. The number of rotatable bonds is 4. The van der Waals surface area contributed by atoms with Crippen LogP contribution in [0.4, 0.5) is 0 Å². The summed E-state index contributed by atoms with van der Waals surface area (Å²) in [5.41, 5.74) is 7.13. The molecule has 0 bridgehead atoms. The van der Waals surface area contributed by atoms with Gasteiger partial charge in [0.05, 0.1) is 0 Å². The van der Waals surface area contributed by atoms with Gasteiger partial charge in [0.15, 0.2) is 0 Å². The van der Waals surface area contributed by atoms with Crippen LogP contribution in [0.1, 0.15) is 36.0 Å². The van der Waals surface area contributed by atoms with Crippen molar-refractivity contribution in [1.82, 2.24) is 0 Å². The van der Waals surface area contributed by atoms with Crippen molar-refractivity contribution in [1.29, 1.82) is 0 Å². The monoisotopic (exact) mass is 264 g/mol. The first-order valence-electron chi connectivity index (χ1n) is 7.15. The predicted octanol–water partition coefficient (Wildman–Crippen LogP) is 4.64. The van der Waals surface area contributed by atoms with Gasteiger partial charge < -0.3 is 4.74 Å². The molecular formula is C19H20O. The minimum Gasteiger partial charge on any atom is -0.384 e. The zero-order chi connectivity index (χ0) is 13.9. The minimum atomic E-state index is 0.391. The quantitative estimate of drug-likeness (QED) is 0.781. The smallest absolute Gasteiger partial charge is 0.0499 e. The van der Waals surface area contributed by atoms with Crippen molar-refractivity contribution in [2.75, 3.05) is 13.7 Å². The van der Waals surface area contributed by atoms with Crippen LogP contribution in [0.25, 0.3) is 5.57 Å². The lowest BCUT2D eigenvalue weighted by atomic mass is 9.87. The van der Waals surface area contributed by atoms with E-state index in [0.29, 0.717) is 5.92 Å². The average Bonchev–Trinajstić information content (AvgIpc) is 2.79. The maximum Gasteiger partial charge on any atom is 0.0499 e. The van der Waals surface area contributed by atoms with Crippen molar-refractivity contribution in [3.63, 3.8) is 0 Å². The zero-order valence-corrected chi connectivity index (χ0v) is 12.1. The van der Waals surface area contributed by atoms with E-state index in [2.05, 4.69) is 61.5 Å². The number of benzene rings is 2. The highest BCUT2D eigenvalue weighted by Crippen LogP contribution is 2.46. The summed E-state index contributed by atoms with van der Waals surface area (Å²) in [4.78, 5) is 0. The van der Waals surface area contributed by atoms with Crippen LogP contribution in [-0.2, 0) is 4.74 Å². The number of hydrogen-bond donors (Lipinski definition) is 0. The van der Waals surface area contributed by atoms with Gasteiger partial charge in [-0.05, 0) is 35.6 Å². The van der Waals surface area contributed by atoms with Crippen LogP contribution >= 0.6 is 0 Å². The molecule has 0 aliphatic heterocycles. The fraction of sp³-hybridized carbons (Fsp3) is 0.263. The van der Waals surface area contributed by atoms with Gasteiger partial charge in [-0.1, -0.05) is 60.2 Å². The summed E-state index contributed by atoms with van der Waals surface area (Å²) in [7, 11) is 1.77. The van der Waals surface area contributed by atoms with Gasteiger partial charge in [-0.3, -0.25) is 0 Å². The van der Waals surface area contributed by atoms with Crippen molar-refractivity contribution in [2.45, 2.75) is 19.3 Å². The third-order valence-electron chi connectivity index (χ3n) is 4.21. The van der Waals surface area contributed by atoms with Crippen LogP contribution in [0.15, 0.2) is 60.2 Å². The van der Waals surface area contributed by atoms with Crippen molar-refractivity contribution in [2.24, 2.45) is 0 Å². The molecule has 0 aromatic heterocycles. The molecule has 0 N–H and O–H groups in total. The Morgan fingerprint density at radius 2 is 1.65 bits per heavy atom. The Hall–Kier alpha value is -1.86. The fourth-order valence-corrected chi connectivity index (χ4v) is 3.24. The third-order valence-corrected chi connectivity index (χ3v) is 4.21. The number of ether oxygens (including phenoxy) is 1. The molecule has 2 aromatic carbocycles. The molecule has 1 aliphatic carbocycles. The van der Waals surface area contributed by atoms with Gasteiger partial charge in [0.1, 0.15) is 0 Å². The second kappa shape index (κ2) is 5.64. The Kier molecular flexibility index (Phi) is 3.70. The van der Waals surface area contributed by atoms with Gasteiger partial charge in [0.2, 0.25) is 0 Å². The third kappa shape index (κ3) is 2.19. The predicted molar refractivity (Wildman–Crippen MR) is 83.8 cm³/mol. The van der Waals surface area contributed by atoms with Gasteiger partial charge in [0, 0.05) is 19.6 Å². The number of fused-ring (bicyclic) bond motifs is 1. The molecule has 0 heterocycles. The summed E-state index contributed by atoms with van der Waals surface area (Å²) >= 11 is 0. The van der Waals surface area contributed by atoms with Gasteiger partial charge in [0.25, 0.3) is 0 Å². The lowest BCUT2D eigenvalue weighted by Gasteiger charge is -2.17. The Bertz CT molecular complexity index is 625. The second-order valence-corrected chi connectivity index (χ2v) is 5.32. The molecule has 0 saturated carbocycles. The lowest BCUT2D eigenvalue weighted by molar-refractivity contribution is 0.201. The van der Waals surface area contributed by atoms with E-state index in [1.807, 2.05) is 0 Å². The van der Waals surface area contributed by atoms with E-state index in [-0.39, 0.29) is 0 Å². The largest absolute Gasteiger partial charge is 0.384 e. The molecule has 0 fully saturated rings. The fourth-order valence-electron chi connectivity index (χ4n) is 3.24. The molecular weight excluding hydrogens is 244 g/mol. The van der Waals surface area contributed by atoms with Gasteiger partial charge in [-0.25, -0.2) is 0 Å². The van der Waals surface area contributed by atoms with Crippen LogP contribution in [0.2, 0.25) is 0 Å². The van der Waals surface area contributed by atoms with Crippen LogP contribution in [0, 0.1) is 0 Å². The number of allylic oxidation sites excluding steroid dienone is 1. The summed E-state index contributed by atoms with van der Waals surface area (Å²) in [6.45, 7) is 3.02. The van der Waals surface area contributed by atoms with E-state index >= 15 is 0 Å². The first-order valence-corrected chi connectivity index (χ1v) is 7.15. The highest BCUT2D eigenvalue weighted by atomic mass is 16.5. The van der Waals surface area contributed by atoms with Crippen LogP contribution in [-0.4, -0.2) is 13.7 Å². The lowest BCUT2D eigenvalue weighted by Crippen LogP contribution is -2.03. The first kappa shape index (κ1) is 13.1.